The van der Waals surface area contributed by atoms with Gasteiger partial charge in [-0.05, 0) is 36.5 Å². The van der Waals surface area contributed by atoms with E-state index in [1.807, 2.05) is 12.1 Å². The average molecular weight is 300 g/mol. The first-order valence-corrected chi connectivity index (χ1v) is 6.63. The molecule has 0 heterocycles. The van der Waals surface area contributed by atoms with Gasteiger partial charge >= 0.3 is 0 Å². The second kappa shape index (κ2) is 5.27. The normalized spacial score (nSPS) is 17.4. The quantitative estimate of drug-likeness (QED) is 0.928. The Balaban J connectivity index is 2.32. The molecular formula is C13H18BrNO2. The molecule has 0 amide bonds. The standard InChI is InChI=1S/C13H18BrNO2/c1-16-11-6-9(10(14)7-12(11)17-2)13(15)8-4-3-5-8/h6-8,13H,3-5,15H2,1-2H3/t13-/m1/s1. The summed E-state index contributed by atoms with van der Waals surface area (Å²) in [6.07, 6.45) is 3.74. The maximum Gasteiger partial charge on any atom is 0.161 e. The summed E-state index contributed by atoms with van der Waals surface area (Å²) in [5.41, 5.74) is 7.39. The van der Waals surface area contributed by atoms with E-state index in [4.69, 9.17) is 15.2 Å². The number of methoxy groups -OCH3 is 2. The minimum atomic E-state index is 0.0814. The minimum absolute atomic E-state index is 0.0814. The molecular weight excluding hydrogens is 282 g/mol. The van der Waals surface area contributed by atoms with Crippen LogP contribution in [0.1, 0.15) is 30.9 Å². The van der Waals surface area contributed by atoms with E-state index in [1.165, 1.54) is 19.3 Å². The molecule has 0 saturated heterocycles. The predicted molar refractivity (Wildman–Crippen MR) is 71.5 cm³/mol. The van der Waals surface area contributed by atoms with Crippen LogP contribution >= 0.6 is 15.9 Å². The van der Waals surface area contributed by atoms with Gasteiger partial charge in [-0.25, -0.2) is 0 Å². The van der Waals surface area contributed by atoms with Gasteiger partial charge in [0, 0.05) is 10.5 Å². The second-order valence-electron chi connectivity index (χ2n) is 4.45. The predicted octanol–water partition coefficient (Wildman–Crippen LogP) is 3.27. The number of halogens is 1. The molecule has 0 unspecified atom stereocenters. The lowest BCUT2D eigenvalue weighted by atomic mass is 9.77. The fourth-order valence-corrected chi connectivity index (χ4v) is 2.76. The summed E-state index contributed by atoms with van der Waals surface area (Å²) in [6.45, 7) is 0. The molecule has 1 aromatic carbocycles. The number of nitrogens with two attached hydrogens (primary N) is 1. The molecule has 1 saturated carbocycles. The third-order valence-electron chi connectivity index (χ3n) is 3.52. The molecule has 2 N–H and O–H groups in total. The molecule has 1 aromatic rings. The molecule has 17 heavy (non-hydrogen) atoms. The van der Waals surface area contributed by atoms with Crippen molar-refractivity contribution >= 4 is 15.9 Å². The lowest BCUT2D eigenvalue weighted by Gasteiger charge is -2.32. The second-order valence-corrected chi connectivity index (χ2v) is 5.30. The first-order chi connectivity index (χ1) is 8.17. The van der Waals surface area contributed by atoms with Crippen LogP contribution in [0.3, 0.4) is 0 Å². The molecule has 3 nitrogen and oxygen atoms in total. The van der Waals surface area contributed by atoms with Gasteiger partial charge in [-0.3, -0.25) is 0 Å². The molecule has 0 aliphatic heterocycles. The number of benzene rings is 1. The maximum absolute atomic E-state index is 6.29. The molecule has 1 aliphatic rings. The van der Waals surface area contributed by atoms with Gasteiger partial charge in [0.05, 0.1) is 14.2 Å². The number of rotatable bonds is 4. The highest BCUT2D eigenvalue weighted by Gasteiger charge is 2.27. The SMILES string of the molecule is COc1cc(Br)c([C@H](N)C2CCC2)cc1OC. The molecule has 94 valence electrons. The van der Waals surface area contributed by atoms with Crippen LogP contribution in [-0.2, 0) is 0 Å². The van der Waals surface area contributed by atoms with Crippen molar-refractivity contribution in [1.29, 1.82) is 0 Å². The van der Waals surface area contributed by atoms with Gasteiger partial charge in [0.25, 0.3) is 0 Å². The third-order valence-corrected chi connectivity index (χ3v) is 4.21. The largest absolute Gasteiger partial charge is 0.493 e. The fraction of sp³-hybridized carbons (Fsp3) is 0.538. The smallest absolute Gasteiger partial charge is 0.161 e. The van der Waals surface area contributed by atoms with Gasteiger partial charge in [0.2, 0.25) is 0 Å². The number of hydrogen-bond acceptors (Lipinski definition) is 3. The Morgan fingerprint density at radius 1 is 1.24 bits per heavy atom. The molecule has 4 heteroatoms. The Morgan fingerprint density at radius 2 is 1.82 bits per heavy atom. The molecule has 1 fully saturated rings. The van der Waals surface area contributed by atoms with Crippen LogP contribution in [0.5, 0.6) is 11.5 Å². The van der Waals surface area contributed by atoms with Crippen LogP contribution in [0, 0.1) is 5.92 Å². The molecule has 0 radical (unpaired) electrons. The van der Waals surface area contributed by atoms with Gasteiger partial charge in [0.1, 0.15) is 0 Å². The molecule has 2 rings (SSSR count). The Bertz CT molecular complexity index is 405. The zero-order valence-corrected chi connectivity index (χ0v) is 11.8. The van der Waals surface area contributed by atoms with Gasteiger partial charge in [-0.2, -0.15) is 0 Å². The van der Waals surface area contributed by atoms with Crippen LogP contribution in [0.25, 0.3) is 0 Å². The lowest BCUT2D eigenvalue weighted by molar-refractivity contribution is 0.263. The van der Waals surface area contributed by atoms with Crippen molar-refractivity contribution in [3.05, 3.63) is 22.2 Å². The van der Waals surface area contributed by atoms with Crippen molar-refractivity contribution in [3.8, 4) is 11.5 Å². The van der Waals surface area contributed by atoms with Crippen LogP contribution in [0.4, 0.5) is 0 Å². The van der Waals surface area contributed by atoms with Gasteiger partial charge in [-0.1, -0.05) is 22.4 Å². The molecule has 0 spiro atoms. The van der Waals surface area contributed by atoms with Crippen molar-refractivity contribution in [1.82, 2.24) is 0 Å². The Hall–Kier alpha value is -0.740. The summed E-state index contributed by atoms with van der Waals surface area (Å²) < 4.78 is 11.6. The van der Waals surface area contributed by atoms with Crippen molar-refractivity contribution < 1.29 is 9.47 Å². The van der Waals surface area contributed by atoms with E-state index in [9.17, 15) is 0 Å². The van der Waals surface area contributed by atoms with Crippen molar-refractivity contribution in [3.63, 3.8) is 0 Å². The Morgan fingerprint density at radius 3 is 2.29 bits per heavy atom. The fourth-order valence-electron chi connectivity index (χ4n) is 2.18. The van der Waals surface area contributed by atoms with Crippen molar-refractivity contribution in [2.75, 3.05) is 14.2 Å². The highest BCUT2D eigenvalue weighted by atomic mass is 79.9. The maximum atomic E-state index is 6.29. The van der Waals surface area contributed by atoms with E-state index in [2.05, 4.69) is 15.9 Å². The highest BCUT2D eigenvalue weighted by molar-refractivity contribution is 9.10. The molecule has 0 aromatic heterocycles. The summed E-state index contributed by atoms with van der Waals surface area (Å²) in [6, 6.07) is 3.98. The third kappa shape index (κ3) is 2.43. The lowest BCUT2D eigenvalue weighted by Crippen LogP contribution is -2.27. The van der Waals surface area contributed by atoms with E-state index in [-0.39, 0.29) is 6.04 Å². The van der Waals surface area contributed by atoms with Crippen molar-refractivity contribution in [2.24, 2.45) is 11.7 Å². The van der Waals surface area contributed by atoms with E-state index in [1.54, 1.807) is 14.2 Å². The Kier molecular flexibility index (Phi) is 3.94. The minimum Gasteiger partial charge on any atom is -0.493 e. The highest BCUT2D eigenvalue weighted by Crippen LogP contribution is 2.42. The first kappa shape index (κ1) is 12.7. The van der Waals surface area contributed by atoms with E-state index in [0.717, 1.165) is 21.5 Å². The van der Waals surface area contributed by atoms with Gasteiger partial charge in [-0.15, -0.1) is 0 Å². The van der Waals surface area contributed by atoms with Crippen LogP contribution in [0.2, 0.25) is 0 Å². The first-order valence-electron chi connectivity index (χ1n) is 5.84. The van der Waals surface area contributed by atoms with Crippen molar-refractivity contribution in [2.45, 2.75) is 25.3 Å². The van der Waals surface area contributed by atoms with Crippen LogP contribution in [0.15, 0.2) is 16.6 Å². The molecule has 0 bridgehead atoms. The van der Waals surface area contributed by atoms with E-state index < -0.39 is 0 Å². The number of ether oxygens (including phenoxy) is 2. The molecule has 1 atom stereocenters. The van der Waals surface area contributed by atoms with Gasteiger partial charge < -0.3 is 15.2 Å². The summed E-state index contributed by atoms with van der Waals surface area (Å²) in [5, 5.41) is 0. The molecule has 1 aliphatic carbocycles. The zero-order valence-electron chi connectivity index (χ0n) is 10.2. The zero-order chi connectivity index (χ0) is 12.4. The van der Waals surface area contributed by atoms with E-state index in [0.29, 0.717) is 5.92 Å². The summed E-state index contributed by atoms with van der Waals surface area (Å²) in [7, 11) is 3.28. The summed E-state index contributed by atoms with van der Waals surface area (Å²) >= 11 is 3.56. The van der Waals surface area contributed by atoms with Gasteiger partial charge in [0.15, 0.2) is 11.5 Å². The van der Waals surface area contributed by atoms with Crippen LogP contribution in [-0.4, -0.2) is 14.2 Å². The number of hydrogen-bond donors (Lipinski definition) is 1. The Labute approximate surface area is 110 Å². The average Bonchev–Trinajstić information content (AvgIpc) is 2.26. The van der Waals surface area contributed by atoms with E-state index >= 15 is 0 Å². The monoisotopic (exact) mass is 299 g/mol. The van der Waals surface area contributed by atoms with Crippen LogP contribution < -0.4 is 15.2 Å². The summed E-state index contributed by atoms with van der Waals surface area (Å²) in [5.74, 6) is 2.06. The topological polar surface area (TPSA) is 44.5 Å². The summed E-state index contributed by atoms with van der Waals surface area (Å²) in [4.78, 5) is 0.